The maximum Gasteiger partial charge on any atom is 0.280 e. The Kier molecular flexibility index (Phi) is 2.51. The van der Waals surface area contributed by atoms with E-state index in [0.717, 1.165) is 0 Å². The third-order valence-corrected chi connectivity index (χ3v) is 3.02. The average Bonchev–Trinajstić information content (AvgIpc) is 2.92. The summed E-state index contributed by atoms with van der Waals surface area (Å²) in [6, 6.07) is 0. The zero-order chi connectivity index (χ0) is 13.6. The Balaban J connectivity index is 2.08. The lowest BCUT2D eigenvalue weighted by Crippen LogP contribution is -2.17. The molecule has 2 aromatic heterocycles. The van der Waals surface area contributed by atoms with Crippen LogP contribution in [0.1, 0.15) is 12.6 Å². The van der Waals surface area contributed by atoms with Gasteiger partial charge in [-0.2, -0.15) is 4.98 Å². The van der Waals surface area contributed by atoms with E-state index in [0.29, 0.717) is 12.1 Å². The van der Waals surface area contributed by atoms with Crippen molar-refractivity contribution in [2.75, 3.05) is 5.73 Å². The summed E-state index contributed by atoms with van der Waals surface area (Å²) < 4.78 is 7.04. The number of hydrogen-bond acceptors (Lipinski definition) is 6. The Labute approximate surface area is 107 Å². The lowest BCUT2D eigenvalue weighted by Gasteiger charge is -2.11. The molecule has 1 fully saturated rings. The standard InChI is InChI=1S/C11H11N5O3/c1-2-6-5(17)3-7(19-6)16-4-13-8-9(16)14-11(12)15-10(8)18/h1,4-7,17H,3H2,(H3,12,14,15,18). The minimum absolute atomic E-state index is 0.00806. The molecule has 98 valence electrons. The summed E-state index contributed by atoms with van der Waals surface area (Å²) in [5.74, 6) is 2.35. The van der Waals surface area contributed by atoms with Gasteiger partial charge in [0.2, 0.25) is 5.95 Å². The summed E-state index contributed by atoms with van der Waals surface area (Å²) in [7, 11) is 0. The van der Waals surface area contributed by atoms with Crippen molar-refractivity contribution in [2.24, 2.45) is 0 Å². The van der Waals surface area contributed by atoms with Crippen LogP contribution in [0.3, 0.4) is 0 Å². The van der Waals surface area contributed by atoms with Crippen LogP contribution in [-0.2, 0) is 4.74 Å². The maximum atomic E-state index is 11.6. The van der Waals surface area contributed by atoms with Gasteiger partial charge in [-0.3, -0.25) is 14.3 Å². The van der Waals surface area contributed by atoms with Crippen molar-refractivity contribution in [1.82, 2.24) is 19.5 Å². The highest BCUT2D eigenvalue weighted by Gasteiger charge is 2.34. The first kappa shape index (κ1) is 11.7. The summed E-state index contributed by atoms with van der Waals surface area (Å²) in [5, 5.41) is 9.73. The van der Waals surface area contributed by atoms with Crippen LogP contribution < -0.4 is 11.3 Å². The summed E-state index contributed by atoms with van der Waals surface area (Å²) in [5.41, 5.74) is 5.54. The van der Waals surface area contributed by atoms with Crippen LogP contribution in [-0.4, -0.2) is 36.8 Å². The summed E-state index contributed by atoms with van der Waals surface area (Å²) >= 11 is 0. The number of aromatic nitrogens is 4. The van der Waals surface area contributed by atoms with Crippen molar-refractivity contribution in [3.63, 3.8) is 0 Å². The number of ether oxygens (including phenoxy) is 1. The Bertz CT molecular complexity index is 728. The van der Waals surface area contributed by atoms with Crippen LogP contribution in [0.4, 0.5) is 5.95 Å². The van der Waals surface area contributed by atoms with E-state index in [4.69, 9.17) is 16.9 Å². The van der Waals surface area contributed by atoms with E-state index >= 15 is 0 Å². The Morgan fingerprint density at radius 3 is 3.16 bits per heavy atom. The van der Waals surface area contributed by atoms with Gasteiger partial charge in [0.25, 0.3) is 5.56 Å². The van der Waals surface area contributed by atoms with Gasteiger partial charge in [-0.15, -0.1) is 6.42 Å². The number of aliphatic hydroxyl groups excluding tert-OH is 1. The number of nitrogens with zero attached hydrogens (tertiary/aromatic N) is 3. The van der Waals surface area contributed by atoms with Crippen molar-refractivity contribution in [3.05, 3.63) is 16.7 Å². The second kappa shape index (κ2) is 4.08. The molecule has 0 saturated carbocycles. The second-order valence-electron chi connectivity index (χ2n) is 4.26. The van der Waals surface area contributed by atoms with E-state index in [-0.39, 0.29) is 11.5 Å². The molecular formula is C11H11N5O3. The molecule has 3 heterocycles. The smallest absolute Gasteiger partial charge is 0.280 e. The Morgan fingerprint density at radius 2 is 2.47 bits per heavy atom. The molecule has 3 unspecified atom stereocenters. The molecule has 3 rings (SSSR count). The van der Waals surface area contributed by atoms with Crippen molar-refractivity contribution in [1.29, 1.82) is 0 Å². The van der Waals surface area contributed by atoms with E-state index in [2.05, 4.69) is 20.9 Å². The fraction of sp³-hybridized carbons (Fsp3) is 0.364. The number of H-pyrrole nitrogens is 1. The van der Waals surface area contributed by atoms with E-state index < -0.39 is 24.0 Å². The van der Waals surface area contributed by atoms with Gasteiger partial charge < -0.3 is 15.6 Å². The fourth-order valence-electron chi connectivity index (χ4n) is 2.13. The van der Waals surface area contributed by atoms with E-state index in [1.165, 1.54) is 6.33 Å². The molecular weight excluding hydrogens is 250 g/mol. The predicted octanol–water partition coefficient (Wildman–Crippen LogP) is -1.02. The largest absolute Gasteiger partial charge is 0.389 e. The van der Waals surface area contributed by atoms with Crippen molar-refractivity contribution < 1.29 is 9.84 Å². The molecule has 1 aliphatic rings. The molecule has 0 aromatic carbocycles. The van der Waals surface area contributed by atoms with Crippen molar-refractivity contribution in [2.45, 2.75) is 24.9 Å². The first-order valence-corrected chi connectivity index (χ1v) is 5.62. The number of nitrogens with one attached hydrogen (secondary N) is 1. The number of nitrogen functional groups attached to an aromatic ring is 1. The molecule has 0 aliphatic carbocycles. The Hall–Kier alpha value is -2.37. The number of terminal acetylenes is 1. The molecule has 0 radical (unpaired) electrons. The number of nitrogens with two attached hydrogens (primary N) is 1. The summed E-state index contributed by atoms with van der Waals surface area (Å²) in [6.45, 7) is 0. The van der Waals surface area contributed by atoms with Gasteiger partial charge in [0, 0.05) is 6.42 Å². The quantitative estimate of drug-likeness (QED) is 0.565. The normalized spacial score (nSPS) is 26.6. The molecule has 2 aromatic rings. The molecule has 1 aliphatic heterocycles. The lowest BCUT2D eigenvalue weighted by atomic mass is 10.2. The first-order valence-electron chi connectivity index (χ1n) is 5.62. The molecule has 0 amide bonds. The van der Waals surface area contributed by atoms with Crippen molar-refractivity contribution >= 4 is 17.1 Å². The number of rotatable bonds is 1. The van der Waals surface area contributed by atoms with E-state index in [1.807, 2.05) is 0 Å². The van der Waals surface area contributed by atoms with Crippen LogP contribution in [0.25, 0.3) is 11.2 Å². The van der Waals surface area contributed by atoms with Gasteiger partial charge in [0.15, 0.2) is 11.2 Å². The fourth-order valence-corrected chi connectivity index (χ4v) is 2.13. The molecule has 0 spiro atoms. The minimum atomic E-state index is -0.758. The topological polar surface area (TPSA) is 119 Å². The monoisotopic (exact) mass is 261 g/mol. The number of imidazole rings is 1. The number of aromatic amines is 1. The number of hydrogen-bond donors (Lipinski definition) is 3. The SMILES string of the molecule is C#CC1OC(n2cnc3c(=O)[nH]c(N)nc32)CC1O. The highest BCUT2D eigenvalue weighted by atomic mass is 16.5. The molecule has 3 atom stereocenters. The number of fused-ring (bicyclic) bond motifs is 1. The van der Waals surface area contributed by atoms with Gasteiger partial charge >= 0.3 is 0 Å². The Morgan fingerprint density at radius 1 is 1.68 bits per heavy atom. The zero-order valence-electron chi connectivity index (χ0n) is 9.78. The van der Waals surface area contributed by atoms with Gasteiger partial charge in [-0.25, -0.2) is 4.98 Å². The molecule has 0 bridgehead atoms. The van der Waals surface area contributed by atoms with Crippen LogP contribution in [0.5, 0.6) is 0 Å². The molecule has 8 heteroatoms. The maximum absolute atomic E-state index is 11.6. The van der Waals surface area contributed by atoms with Crippen LogP contribution in [0, 0.1) is 12.3 Å². The van der Waals surface area contributed by atoms with E-state index in [9.17, 15) is 9.90 Å². The highest BCUT2D eigenvalue weighted by molar-refractivity contribution is 5.70. The summed E-state index contributed by atoms with van der Waals surface area (Å²) in [4.78, 5) is 22.0. The minimum Gasteiger partial charge on any atom is -0.389 e. The second-order valence-corrected chi connectivity index (χ2v) is 4.26. The average molecular weight is 261 g/mol. The highest BCUT2D eigenvalue weighted by Crippen LogP contribution is 2.29. The third kappa shape index (κ3) is 1.76. The van der Waals surface area contributed by atoms with Crippen LogP contribution in [0.2, 0.25) is 0 Å². The van der Waals surface area contributed by atoms with Gasteiger partial charge in [-0.1, -0.05) is 5.92 Å². The van der Waals surface area contributed by atoms with Gasteiger partial charge in [0.1, 0.15) is 12.3 Å². The van der Waals surface area contributed by atoms with Crippen LogP contribution in [0.15, 0.2) is 11.1 Å². The zero-order valence-corrected chi connectivity index (χ0v) is 9.78. The molecule has 1 saturated heterocycles. The van der Waals surface area contributed by atoms with Crippen molar-refractivity contribution in [3.8, 4) is 12.3 Å². The van der Waals surface area contributed by atoms with Crippen LogP contribution >= 0.6 is 0 Å². The third-order valence-electron chi connectivity index (χ3n) is 3.02. The summed E-state index contributed by atoms with van der Waals surface area (Å²) in [6.07, 6.45) is 5.01. The number of aliphatic hydroxyl groups is 1. The van der Waals surface area contributed by atoms with Gasteiger partial charge in [0.05, 0.1) is 12.4 Å². The number of anilines is 1. The molecule has 19 heavy (non-hydrogen) atoms. The lowest BCUT2D eigenvalue weighted by molar-refractivity contribution is 0.0141. The van der Waals surface area contributed by atoms with E-state index in [1.54, 1.807) is 4.57 Å². The predicted molar refractivity (Wildman–Crippen MR) is 65.9 cm³/mol. The molecule has 4 N–H and O–H groups in total. The first-order chi connectivity index (χ1) is 9.10. The van der Waals surface area contributed by atoms with Gasteiger partial charge in [-0.05, 0) is 0 Å². The molecule has 8 nitrogen and oxygen atoms in total.